The lowest BCUT2D eigenvalue weighted by molar-refractivity contribution is 0.347. The summed E-state index contributed by atoms with van der Waals surface area (Å²) >= 11 is 4.10. The van der Waals surface area contributed by atoms with E-state index in [2.05, 4.69) is 43.7 Å². The number of hydrogen-bond donors (Lipinski definition) is 1. The van der Waals surface area contributed by atoms with Crippen LogP contribution in [0.15, 0.2) is 6.20 Å². The molecule has 3 nitrogen and oxygen atoms in total. The molecule has 1 aromatic rings. The summed E-state index contributed by atoms with van der Waals surface area (Å²) in [6.07, 6.45) is 1.92. The van der Waals surface area contributed by atoms with Gasteiger partial charge in [-0.1, -0.05) is 5.21 Å². The molecule has 0 saturated heterocycles. The Morgan fingerprint density at radius 1 is 1.55 bits per heavy atom. The van der Waals surface area contributed by atoms with Crippen LogP contribution in [0.2, 0.25) is 0 Å². The average Bonchev–Trinajstić information content (AvgIpc) is 2.32. The molecule has 62 valence electrons. The van der Waals surface area contributed by atoms with E-state index in [9.17, 15) is 0 Å². The molecule has 0 aliphatic heterocycles. The normalized spacial score (nSPS) is 12.0. The van der Waals surface area contributed by atoms with Crippen molar-refractivity contribution in [1.29, 1.82) is 0 Å². The van der Waals surface area contributed by atoms with Crippen LogP contribution in [0, 0.1) is 0 Å². The van der Waals surface area contributed by atoms with Gasteiger partial charge in [-0.3, -0.25) is 0 Å². The Bertz CT molecular complexity index is 236. The second-order valence-corrected chi connectivity index (χ2v) is 3.80. The van der Waals surface area contributed by atoms with Crippen LogP contribution in [0.25, 0.3) is 0 Å². The molecule has 0 spiro atoms. The van der Waals surface area contributed by atoms with Gasteiger partial charge in [0.25, 0.3) is 0 Å². The molecule has 0 saturated carbocycles. The molecule has 0 atom stereocenters. The van der Waals surface area contributed by atoms with Crippen LogP contribution in [0.3, 0.4) is 0 Å². The molecular weight excluding hydrogens is 158 g/mol. The number of aromatic nitrogens is 3. The zero-order chi connectivity index (χ0) is 8.48. The molecule has 0 aliphatic carbocycles. The van der Waals surface area contributed by atoms with Crippen LogP contribution in [0.1, 0.15) is 26.5 Å². The summed E-state index contributed by atoms with van der Waals surface area (Å²) in [5.41, 5.74) is 0.942. The summed E-state index contributed by atoms with van der Waals surface area (Å²) in [5, 5.41) is 7.91. The highest BCUT2D eigenvalue weighted by molar-refractivity contribution is 7.79. The topological polar surface area (TPSA) is 30.7 Å². The third-order valence-electron chi connectivity index (χ3n) is 1.39. The van der Waals surface area contributed by atoms with Gasteiger partial charge in [0, 0.05) is 11.9 Å². The number of hydrogen-bond acceptors (Lipinski definition) is 3. The van der Waals surface area contributed by atoms with Crippen LogP contribution in [-0.4, -0.2) is 15.0 Å². The van der Waals surface area contributed by atoms with Gasteiger partial charge in [0.1, 0.15) is 0 Å². The average molecular weight is 171 g/mol. The maximum Gasteiger partial charge on any atom is 0.0923 e. The van der Waals surface area contributed by atoms with Crippen molar-refractivity contribution in [2.75, 3.05) is 0 Å². The van der Waals surface area contributed by atoms with Gasteiger partial charge < -0.3 is 0 Å². The molecule has 0 N–H and O–H groups in total. The Balaban J connectivity index is 2.89. The molecule has 4 heteroatoms. The first-order chi connectivity index (χ1) is 5.04. The Hall–Kier alpha value is -0.510. The van der Waals surface area contributed by atoms with Gasteiger partial charge in [0.05, 0.1) is 11.2 Å². The second-order valence-electron chi connectivity index (χ2n) is 3.48. The van der Waals surface area contributed by atoms with Crippen molar-refractivity contribution in [3.8, 4) is 0 Å². The molecular formula is C7H13N3S. The third-order valence-corrected chi connectivity index (χ3v) is 1.71. The van der Waals surface area contributed by atoms with Crippen molar-refractivity contribution in [1.82, 2.24) is 15.0 Å². The highest BCUT2D eigenvalue weighted by Gasteiger charge is 2.14. The lowest BCUT2D eigenvalue weighted by atomic mass is 10.1. The lowest BCUT2D eigenvalue weighted by Gasteiger charge is -2.17. The Morgan fingerprint density at radius 3 is 2.45 bits per heavy atom. The quantitative estimate of drug-likeness (QED) is 0.648. The molecule has 0 unspecified atom stereocenters. The highest BCUT2D eigenvalue weighted by atomic mass is 32.1. The summed E-state index contributed by atoms with van der Waals surface area (Å²) in [6.45, 7) is 6.26. The Kier molecular flexibility index (Phi) is 2.23. The first kappa shape index (κ1) is 8.59. The van der Waals surface area contributed by atoms with E-state index in [1.165, 1.54) is 0 Å². The molecule has 1 aromatic heterocycles. The van der Waals surface area contributed by atoms with E-state index in [-0.39, 0.29) is 5.54 Å². The van der Waals surface area contributed by atoms with Crippen molar-refractivity contribution in [2.24, 2.45) is 0 Å². The minimum Gasteiger partial charge on any atom is -0.247 e. The molecule has 0 bridgehead atoms. The maximum absolute atomic E-state index is 4.10. The monoisotopic (exact) mass is 171 g/mol. The molecule has 1 heterocycles. The summed E-state index contributed by atoms with van der Waals surface area (Å²) in [4.78, 5) is 0. The molecule has 0 radical (unpaired) electrons. The molecule has 11 heavy (non-hydrogen) atoms. The van der Waals surface area contributed by atoms with Crippen LogP contribution >= 0.6 is 12.6 Å². The maximum atomic E-state index is 4.10. The van der Waals surface area contributed by atoms with E-state index in [4.69, 9.17) is 0 Å². The molecule has 1 rings (SSSR count). The smallest absolute Gasteiger partial charge is 0.0923 e. The standard InChI is InChI=1S/C7H13N3S/c1-7(2,3)10-4-6(5-11)8-9-10/h4,11H,5H2,1-3H3. The van der Waals surface area contributed by atoms with Gasteiger partial charge in [-0.05, 0) is 20.8 Å². The third kappa shape index (κ3) is 1.96. The Labute approximate surface area is 72.2 Å². The predicted molar refractivity (Wildman–Crippen MR) is 47.7 cm³/mol. The van der Waals surface area contributed by atoms with Gasteiger partial charge in [-0.2, -0.15) is 12.6 Å². The van der Waals surface area contributed by atoms with Crippen molar-refractivity contribution in [3.05, 3.63) is 11.9 Å². The second kappa shape index (κ2) is 2.85. The fourth-order valence-electron chi connectivity index (χ4n) is 0.699. The first-order valence-electron chi connectivity index (χ1n) is 3.56. The minimum atomic E-state index is 0.0220. The number of nitrogens with zero attached hydrogens (tertiary/aromatic N) is 3. The van der Waals surface area contributed by atoms with Crippen LogP contribution in [-0.2, 0) is 11.3 Å². The molecule has 0 aromatic carbocycles. The first-order valence-corrected chi connectivity index (χ1v) is 4.20. The van der Waals surface area contributed by atoms with Crippen LogP contribution < -0.4 is 0 Å². The molecule has 0 amide bonds. The van der Waals surface area contributed by atoms with Gasteiger partial charge in [0.2, 0.25) is 0 Å². The van der Waals surface area contributed by atoms with E-state index >= 15 is 0 Å². The predicted octanol–water partition coefficient (Wildman–Crippen LogP) is 1.46. The van der Waals surface area contributed by atoms with Crippen LogP contribution in [0.5, 0.6) is 0 Å². The fourth-order valence-corrected chi connectivity index (χ4v) is 0.844. The fraction of sp³-hybridized carbons (Fsp3) is 0.714. The highest BCUT2D eigenvalue weighted by Crippen LogP contribution is 2.11. The summed E-state index contributed by atoms with van der Waals surface area (Å²) in [5.74, 6) is 0.649. The van der Waals surface area contributed by atoms with E-state index in [0.717, 1.165) is 5.69 Å². The summed E-state index contributed by atoms with van der Waals surface area (Å²) in [7, 11) is 0. The summed E-state index contributed by atoms with van der Waals surface area (Å²) in [6, 6.07) is 0. The Morgan fingerprint density at radius 2 is 2.18 bits per heavy atom. The zero-order valence-corrected chi connectivity index (χ0v) is 7.97. The molecule has 0 aliphatic rings. The van der Waals surface area contributed by atoms with Crippen molar-refractivity contribution >= 4 is 12.6 Å². The number of rotatable bonds is 1. The van der Waals surface area contributed by atoms with E-state index < -0.39 is 0 Å². The van der Waals surface area contributed by atoms with Gasteiger partial charge in [-0.25, -0.2) is 4.68 Å². The lowest BCUT2D eigenvalue weighted by Crippen LogP contribution is -2.22. The largest absolute Gasteiger partial charge is 0.247 e. The van der Waals surface area contributed by atoms with Gasteiger partial charge in [0.15, 0.2) is 0 Å². The van der Waals surface area contributed by atoms with Crippen molar-refractivity contribution < 1.29 is 0 Å². The van der Waals surface area contributed by atoms with Crippen molar-refractivity contribution in [3.63, 3.8) is 0 Å². The summed E-state index contributed by atoms with van der Waals surface area (Å²) < 4.78 is 1.85. The van der Waals surface area contributed by atoms with E-state index in [0.29, 0.717) is 5.75 Å². The SMILES string of the molecule is CC(C)(C)n1cc(CS)nn1. The van der Waals surface area contributed by atoms with E-state index in [1.54, 1.807) is 0 Å². The van der Waals surface area contributed by atoms with Crippen molar-refractivity contribution in [2.45, 2.75) is 32.1 Å². The van der Waals surface area contributed by atoms with E-state index in [1.807, 2.05) is 10.9 Å². The zero-order valence-electron chi connectivity index (χ0n) is 7.07. The van der Waals surface area contributed by atoms with Gasteiger partial charge >= 0.3 is 0 Å². The number of thiol groups is 1. The minimum absolute atomic E-state index is 0.0220. The van der Waals surface area contributed by atoms with Crippen LogP contribution in [0.4, 0.5) is 0 Å². The van der Waals surface area contributed by atoms with Gasteiger partial charge in [-0.15, -0.1) is 5.10 Å². The molecule has 0 fully saturated rings.